The molecule has 0 fully saturated rings. The van der Waals surface area contributed by atoms with Crippen LogP contribution in [0.1, 0.15) is 6.92 Å². The highest BCUT2D eigenvalue weighted by molar-refractivity contribution is 6.31. The molecule has 0 saturated heterocycles. The summed E-state index contributed by atoms with van der Waals surface area (Å²) in [6.07, 6.45) is -1.20. The van der Waals surface area contributed by atoms with Crippen LogP contribution in [-0.2, 0) is 14.5 Å². The van der Waals surface area contributed by atoms with E-state index in [-0.39, 0.29) is 6.29 Å². The van der Waals surface area contributed by atoms with Crippen molar-refractivity contribution in [1.29, 1.82) is 0 Å². The van der Waals surface area contributed by atoms with Gasteiger partial charge in [0.25, 0.3) is 0 Å². The number of hydrogen-bond acceptors (Lipinski definition) is 4. The van der Waals surface area contributed by atoms with Gasteiger partial charge in [-0.3, -0.25) is 14.8 Å². The first-order valence-corrected chi connectivity index (χ1v) is 3.00. The third-order valence-electron chi connectivity index (χ3n) is 0.927. The summed E-state index contributed by atoms with van der Waals surface area (Å²) in [5, 5.41) is 7.31. The van der Waals surface area contributed by atoms with Crippen LogP contribution in [0.2, 0.25) is 0 Å². The Morgan fingerprint density at radius 3 is 2.40 bits per heavy atom. The molecule has 0 saturated carbocycles. The lowest BCUT2D eigenvalue weighted by molar-refractivity contribution is -0.269. The maximum absolute atomic E-state index is 10.4. The molecule has 4 nitrogen and oxygen atoms in total. The number of carbonyl (C=O) groups is 2. The lowest BCUT2D eigenvalue weighted by atomic mass is 10.2. The van der Waals surface area contributed by atoms with Crippen LogP contribution < -0.4 is 0 Å². The van der Waals surface area contributed by atoms with Crippen LogP contribution in [0.25, 0.3) is 0 Å². The summed E-state index contributed by atoms with van der Waals surface area (Å²) in [7, 11) is 0. The lowest BCUT2D eigenvalue weighted by Crippen LogP contribution is -2.31. The number of hydrogen-bond donors (Lipinski definition) is 1. The molecule has 0 aromatic heterocycles. The van der Waals surface area contributed by atoms with Crippen molar-refractivity contribution in [2.45, 2.75) is 18.4 Å². The second-order valence-corrected chi connectivity index (χ2v) is 2.41. The van der Waals surface area contributed by atoms with Crippen LogP contribution in [-0.4, -0.2) is 28.8 Å². The maximum Gasteiger partial charge on any atom is 0.228 e. The van der Waals surface area contributed by atoms with E-state index < -0.39 is 17.3 Å². The van der Waals surface area contributed by atoms with Crippen molar-refractivity contribution in [1.82, 2.24) is 0 Å². The van der Waals surface area contributed by atoms with E-state index in [1.54, 1.807) is 0 Å². The zero-order chi connectivity index (χ0) is 8.15. The molecule has 58 valence electrons. The van der Waals surface area contributed by atoms with Gasteiger partial charge in [0.1, 0.15) is 0 Å². The Hall–Kier alpha value is -0.450. The second kappa shape index (κ2) is 4.38. The van der Waals surface area contributed by atoms with Crippen molar-refractivity contribution in [3.05, 3.63) is 0 Å². The molecule has 0 rings (SSSR count). The van der Waals surface area contributed by atoms with Gasteiger partial charge in [-0.2, -0.15) is 0 Å². The van der Waals surface area contributed by atoms with Crippen molar-refractivity contribution in [3.63, 3.8) is 0 Å². The molecule has 0 radical (unpaired) electrons. The molecule has 0 aliphatic carbocycles. The minimum absolute atomic E-state index is 0.0553. The molecule has 10 heavy (non-hydrogen) atoms. The molecule has 2 unspecified atom stereocenters. The van der Waals surface area contributed by atoms with Gasteiger partial charge in [0.05, 0.1) is 5.38 Å². The van der Waals surface area contributed by atoms with E-state index in [1.807, 2.05) is 0 Å². The Kier molecular flexibility index (Phi) is 4.18. The van der Waals surface area contributed by atoms with Crippen LogP contribution >= 0.6 is 11.6 Å². The fraction of sp³-hybridized carbons (Fsp3) is 0.600. The summed E-state index contributed by atoms with van der Waals surface area (Å²) < 4.78 is 0. The fourth-order valence-electron chi connectivity index (χ4n) is 0.429. The van der Waals surface area contributed by atoms with Crippen LogP contribution in [0.4, 0.5) is 0 Å². The normalized spacial score (nSPS) is 15.9. The van der Waals surface area contributed by atoms with E-state index >= 15 is 0 Å². The lowest BCUT2D eigenvalue weighted by Gasteiger charge is -2.09. The average Bonchev–Trinajstić information content (AvgIpc) is 1.88. The number of aldehydes is 1. The van der Waals surface area contributed by atoms with Crippen molar-refractivity contribution in [2.24, 2.45) is 0 Å². The van der Waals surface area contributed by atoms with Crippen molar-refractivity contribution in [2.75, 3.05) is 0 Å². The molecule has 1 N–H and O–H groups in total. The number of alkyl halides is 1. The average molecular weight is 167 g/mol. The Morgan fingerprint density at radius 2 is 2.30 bits per heavy atom. The molecule has 0 amide bonds. The first-order valence-electron chi connectivity index (χ1n) is 2.56. The van der Waals surface area contributed by atoms with Crippen molar-refractivity contribution < 1.29 is 19.7 Å². The molecule has 5 heteroatoms. The highest BCUT2D eigenvalue weighted by Gasteiger charge is 2.23. The van der Waals surface area contributed by atoms with Gasteiger partial charge >= 0.3 is 0 Å². The fourth-order valence-corrected chi connectivity index (χ4v) is 0.599. The largest absolute Gasteiger partial charge is 0.294 e. The zero-order valence-corrected chi connectivity index (χ0v) is 6.04. The van der Waals surface area contributed by atoms with E-state index in [4.69, 9.17) is 16.9 Å². The minimum Gasteiger partial charge on any atom is -0.294 e. The second-order valence-electron chi connectivity index (χ2n) is 1.72. The number of ketones is 1. The van der Waals surface area contributed by atoms with Crippen LogP contribution in [0.3, 0.4) is 0 Å². The molecular weight excluding hydrogens is 160 g/mol. The summed E-state index contributed by atoms with van der Waals surface area (Å²) >= 11 is 5.35. The summed E-state index contributed by atoms with van der Waals surface area (Å²) in [4.78, 5) is 23.9. The molecule has 0 aliphatic rings. The Morgan fingerprint density at radius 1 is 1.80 bits per heavy atom. The summed E-state index contributed by atoms with van der Waals surface area (Å²) in [6, 6.07) is 0. The first-order chi connectivity index (χ1) is 4.63. The van der Waals surface area contributed by atoms with E-state index in [9.17, 15) is 9.59 Å². The predicted octanol–water partition coefficient (Wildman–Crippen LogP) is 0.240. The summed E-state index contributed by atoms with van der Waals surface area (Å²) in [5.41, 5.74) is 0. The third-order valence-corrected chi connectivity index (χ3v) is 1.16. The van der Waals surface area contributed by atoms with E-state index in [1.165, 1.54) is 6.92 Å². The van der Waals surface area contributed by atoms with Crippen LogP contribution in [0, 0.1) is 0 Å². The van der Waals surface area contributed by atoms with E-state index in [2.05, 4.69) is 4.89 Å². The number of rotatable bonds is 4. The summed E-state index contributed by atoms with van der Waals surface area (Å²) in [5.74, 6) is -0.870. The molecule has 0 aromatic rings. The van der Waals surface area contributed by atoms with Gasteiger partial charge in [0.2, 0.25) is 5.78 Å². The zero-order valence-electron chi connectivity index (χ0n) is 5.28. The highest BCUT2D eigenvalue weighted by atomic mass is 35.5. The number of halogens is 1. The van der Waals surface area contributed by atoms with Crippen molar-refractivity contribution in [3.8, 4) is 0 Å². The predicted molar refractivity (Wildman–Crippen MR) is 33.9 cm³/mol. The maximum atomic E-state index is 10.4. The molecule has 0 spiro atoms. The quantitative estimate of drug-likeness (QED) is 0.214. The van der Waals surface area contributed by atoms with Gasteiger partial charge < -0.3 is 0 Å². The van der Waals surface area contributed by atoms with Gasteiger partial charge in [-0.05, 0) is 6.92 Å². The molecule has 0 aliphatic heterocycles. The molecule has 2 atom stereocenters. The van der Waals surface area contributed by atoms with Crippen molar-refractivity contribution >= 4 is 23.7 Å². The number of Topliss-reactive ketones (excluding diaryl/α,β-unsaturated/α-hetero) is 1. The SMILES string of the molecule is CC(Cl)C(OO)C(=O)C=O. The number of carbonyl (C=O) groups excluding carboxylic acids is 2. The first kappa shape index (κ1) is 9.55. The molecular formula is C5H7ClO4. The van der Waals surface area contributed by atoms with Gasteiger partial charge in [-0.15, -0.1) is 11.6 Å². The van der Waals surface area contributed by atoms with E-state index in [0.29, 0.717) is 0 Å². The molecule has 0 aromatic carbocycles. The summed E-state index contributed by atoms with van der Waals surface area (Å²) in [6.45, 7) is 1.43. The molecule has 0 heterocycles. The van der Waals surface area contributed by atoms with Gasteiger partial charge in [0, 0.05) is 0 Å². The topological polar surface area (TPSA) is 63.6 Å². The Balaban J connectivity index is 4.06. The van der Waals surface area contributed by atoms with E-state index in [0.717, 1.165) is 0 Å². The third kappa shape index (κ3) is 2.43. The smallest absolute Gasteiger partial charge is 0.228 e. The standard InChI is InChI=1S/C5H7ClO4/c1-3(6)5(10-9)4(8)2-7/h2-3,5,9H,1H3. The monoisotopic (exact) mass is 166 g/mol. The van der Waals surface area contributed by atoms with Crippen LogP contribution in [0.5, 0.6) is 0 Å². The van der Waals surface area contributed by atoms with Gasteiger partial charge in [-0.1, -0.05) is 0 Å². The highest BCUT2D eigenvalue weighted by Crippen LogP contribution is 2.04. The van der Waals surface area contributed by atoms with Crippen LogP contribution in [0.15, 0.2) is 0 Å². The Bertz CT molecular complexity index is 134. The minimum atomic E-state index is -1.25. The Labute approximate surface area is 62.7 Å². The van der Waals surface area contributed by atoms with Gasteiger partial charge in [0.15, 0.2) is 12.4 Å². The molecule has 0 bridgehead atoms. The van der Waals surface area contributed by atoms with Gasteiger partial charge in [-0.25, -0.2) is 4.89 Å².